The van der Waals surface area contributed by atoms with Gasteiger partial charge in [0, 0.05) is 5.54 Å². The smallest absolute Gasteiger partial charge is 0.123 e. The van der Waals surface area contributed by atoms with E-state index in [2.05, 4.69) is 31.2 Å². The summed E-state index contributed by atoms with van der Waals surface area (Å²) in [6.45, 7) is 2.09. The molecule has 1 atom stereocenters. The Balaban J connectivity index is 1.94. The van der Waals surface area contributed by atoms with Gasteiger partial charge in [-0.3, -0.25) is 0 Å². The van der Waals surface area contributed by atoms with Gasteiger partial charge in [-0.15, -0.1) is 0 Å². The van der Waals surface area contributed by atoms with Crippen LogP contribution in [0.4, 0.5) is 4.39 Å². The minimum Gasteiger partial charge on any atom is -0.321 e. The van der Waals surface area contributed by atoms with Crippen LogP contribution in [0, 0.1) is 12.7 Å². The van der Waals surface area contributed by atoms with Gasteiger partial charge in [-0.25, -0.2) is 4.39 Å². The van der Waals surface area contributed by atoms with Crippen LogP contribution < -0.4 is 5.73 Å². The zero-order valence-corrected chi connectivity index (χ0v) is 11.1. The van der Waals surface area contributed by atoms with Crippen LogP contribution in [0.2, 0.25) is 0 Å². The molecule has 2 aromatic rings. The van der Waals surface area contributed by atoms with Gasteiger partial charge in [0.05, 0.1) is 0 Å². The molecule has 0 bridgehead atoms. The molecular formula is C17H18FN. The first-order chi connectivity index (χ1) is 9.07. The summed E-state index contributed by atoms with van der Waals surface area (Å²) in [5.41, 5.74) is 10.9. The second kappa shape index (κ2) is 4.46. The second-order valence-electron chi connectivity index (χ2n) is 5.62. The van der Waals surface area contributed by atoms with Crippen LogP contribution in [-0.4, -0.2) is 0 Å². The van der Waals surface area contributed by atoms with Crippen molar-refractivity contribution in [2.45, 2.75) is 31.7 Å². The van der Waals surface area contributed by atoms with E-state index in [9.17, 15) is 4.39 Å². The number of nitrogens with two attached hydrogens (primary N) is 1. The average molecular weight is 255 g/mol. The minimum atomic E-state index is -0.350. The molecule has 0 fully saturated rings. The lowest BCUT2D eigenvalue weighted by Crippen LogP contribution is -2.36. The normalized spacial score (nSPS) is 21.4. The third kappa shape index (κ3) is 2.28. The Kier molecular flexibility index (Phi) is 2.90. The SMILES string of the molecule is Cc1cccc(CC2(N)CCc3cc(F)ccc32)c1. The number of hydrogen-bond donors (Lipinski definition) is 1. The summed E-state index contributed by atoms with van der Waals surface area (Å²) in [6.07, 6.45) is 2.57. The fraction of sp³-hybridized carbons (Fsp3) is 0.294. The van der Waals surface area contributed by atoms with Crippen LogP contribution in [0.5, 0.6) is 0 Å². The van der Waals surface area contributed by atoms with Crippen LogP contribution in [0.3, 0.4) is 0 Å². The second-order valence-corrected chi connectivity index (χ2v) is 5.62. The molecule has 19 heavy (non-hydrogen) atoms. The first kappa shape index (κ1) is 12.4. The molecule has 0 heterocycles. The molecule has 0 radical (unpaired) electrons. The molecule has 0 aromatic heterocycles. The first-order valence-electron chi connectivity index (χ1n) is 6.70. The predicted molar refractivity (Wildman–Crippen MR) is 75.5 cm³/mol. The van der Waals surface area contributed by atoms with Gasteiger partial charge in [0.2, 0.25) is 0 Å². The summed E-state index contributed by atoms with van der Waals surface area (Å²) in [7, 11) is 0. The molecule has 2 heteroatoms. The largest absolute Gasteiger partial charge is 0.321 e. The van der Waals surface area contributed by atoms with E-state index in [-0.39, 0.29) is 11.4 Å². The van der Waals surface area contributed by atoms with Gasteiger partial charge in [-0.05, 0) is 55.0 Å². The molecule has 1 unspecified atom stereocenters. The van der Waals surface area contributed by atoms with Gasteiger partial charge in [0.15, 0.2) is 0 Å². The highest BCUT2D eigenvalue weighted by atomic mass is 19.1. The van der Waals surface area contributed by atoms with Crippen molar-refractivity contribution in [3.05, 3.63) is 70.5 Å². The Morgan fingerprint density at radius 3 is 2.84 bits per heavy atom. The Labute approximate surface area is 113 Å². The summed E-state index contributed by atoms with van der Waals surface area (Å²) in [5, 5.41) is 0. The number of halogens is 1. The van der Waals surface area contributed by atoms with Crippen LogP contribution in [0.15, 0.2) is 42.5 Å². The molecule has 0 saturated carbocycles. The van der Waals surface area contributed by atoms with E-state index in [1.54, 1.807) is 6.07 Å². The molecule has 0 amide bonds. The summed E-state index contributed by atoms with van der Waals surface area (Å²) < 4.78 is 13.3. The predicted octanol–water partition coefficient (Wildman–Crippen LogP) is 3.48. The highest BCUT2D eigenvalue weighted by Gasteiger charge is 2.35. The third-order valence-electron chi connectivity index (χ3n) is 4.05. The molecule has 1 nitrogen and oxygen atoms in total. The van der Waals surface area contributed by atoms with E-state index in [1.807, 2.05) is 6.07 Å². The molecule has 1 aliphatic rings. The molecule has 98 valence electrons. The van der Waals surface area contributed by atoms with Crippen LogP contribution >= 0.6 is 0 Å². The van der Waals surface area contributed by atoms with Crippen molar-refractivity contribution in [2.24, 2.45) is 5.73 Å². The van der Waals surface area contributed by atoms with E-state index < -0.39 is 0 Å². The summed E-state index contributed by atoms with van der Waals surface area (Å²) in [4.78, 5) is 0. The Morgan fingerprint density at radius 2 is 2.05 bits per heavy atom. The van der Waals surface area contributed by atoms with E-state index in [4.69, 9.17) is 5.73 Å². The van der Waals surface area contributed by atoms with Gasteiger partial charge in [0.25, 0.3) is 0 Å². The van der Waals surface area contributed by atoms with Gasteiger partial charge < -0.3 is 5.73 Å². The number of aryl methyl sites for hydroxylation is 2. The molecule has 0 saturated heterocycles. The van der Waals surface area contributed by atoms with Crippen LogP contribution in [0.25, 0.3) is 0 Å². The summed E-state index contributed by atoms with van der Waals surface area (Å²) in [6, 6.07) is 13.4. The third-order valence-corrected chi connectivity index (χ3v) is 4.05. The summed E-state index contributed by atoms with van der Waals surface area (Å²) in [5.74, 6) is -0.168. The Morgan fingerprint density at radius 1 is 1.21 bits per heavy atom. The fourth-order valence-corrected chi connectivity index (χ4v) is 3.12. The van der Waals surface area contributed by atoms with Crippen LogP contribution in [0.1, 0.15) is 28.7 Å². The Hall–Kier alpha value is -1.67. The zero-order valence-electron chi connectivity index (χ0n) is 11.1. The summed E-state index contributed by atoms with van der Waals surface area (Å²) >= 11 is 0. The highest BCUT2D eigenvalue weighted by molar-refractivity contribution is 5.40. The van der Waals surface area contributed by atoms with Gasteiger partial charge in [-0.1, -0.05) is 35.9 Å². The number of hydrogen-bond acceptors (Lipinski definition) is 1. The van der Waals surface area contributed by atoms with Crippen molar-refractivity contribution < 1.29 is 4.39 Å². The van der Waals surface area contributed by atoms with Crippen molar-refractivity contribution in [3.8, 4) is 0 Å². The first-order valence-corrected chi connectivity index (χ1v) is 6.70. The molecule has 2 N–H and O–H groups in total. The van der Waals surface area contributed by atoms with E-state index >= 15 is 0 Å². The monoisotopic (exact) mass is 255 g/mol. The van der Waals surface area contributed by atoms with Crippen LogP contribution in [-0.2, 0) is 18.4 Å². The van der Waals surface area contributed by atoms with Crippen molar-refractivity contribution >= 4 is 0 Å². The molecule has 0 aliphatic heterocycles. The van der Waals surface area contributed by atoms with Crippen molar-refractivity contribution in [1.29, 1.82) is 0 Å². The topological polar surface area (TPSA) is 26.0 Å². The number of fused-ring (bicyclic) bond motifs is 1. The lowest BCUT2D eigenvalue weighted by atomic mass is 9.86. The standard InChI is InChI=1S/C17H18FN/c1-12-3-2-4-13(9-12)11-17(19)8-7-14-10-15(18)5-6-16(14)17/h2-6,9-10H,7-8,11,19H2,1H3. The van der Waals surface area contributed by atoms with Crippen molar-refractivity contribution in [3.63, 3.8) is 0 Å². The highest BCUT2D eigenvalue weighted by Crippen LogP contribution is 2.37. The Bertz CT molecular complexity index is 620. The average Bonchev–Trinajstić information content (AvgIpc) is 2.66. The van der Waals surface area contributed by atoms with E-state index in [0.29, 0.717) is 0 Å². The van der Waals surface area contributed by atoms with E-state index in [0.717, 1.165) is 30.4 Å². The lowest BCUT2D eigenvalue weighted by Gasteiger charge is -2.26. The van der Waals surface area contributed by atoms with Crippen molar-refractivity contribution in [1.82, 2.24) is 0 Å². The maximum atomic E-state index is 13.3. The molecule has 2 aromatic carbocycles. The molecular weight excluding hydrogens is 237 g/mol. The molecule has 0 spiro atoms. The maximum Gasteiger partial charge on any atom is 0.123 e. The number of benzene rings is 2. The molecule has 3 rings (SSSR count). The fourth-order valence-electron chi connectivity index (χ4n) is 3.12. The van der Waals surface area contributed by atoms with Gasteiger partial charge >= 0.3 is 0 Å². The quantitative estimate of drug-likeness (QED) is 0.873. The van der Waals surface area contributed by atoms with E-state index in [1.165, 1.54) is 17.2 Å². The minimum absolute atomic E-state index is 0.168. The van der Waals surface area contributed by atoms with Gasteiger partial charge in [0.1, 0.15) is 5.82 Å². The zero-order chi connectivity index (χ0) is 13.5. The maximum absolute atomic E-state index is 13.3. The van der Waals surface area contributed by atoms with Gasteiger partial charge in [-0.2, -0.15) is 0 Å². The molecule has 1 aliphatic carbocycles. The number of rotatable bonds is 2. The lowest BCUT2D eigenvalue weighted by molar-refractivity contribution is 0.439. The van der Waals surface area contributed by atoms with Crippen molar-refractivity contribution in [2.75, 3.05) is 0 Å².